The zero-order chi connectivity index (χ0) is 9.40. The lowest BCUT2D eigenvalue weighted by atomic mass is 10.3. The van der Waals surface area contributed by atoms with Crippen LogP contribution in [0.5, 0.6) is 0 Å². The van der Waals surface area contributed by atoms with Gasteiger partial charge in [-0.3, -0.25) is 5.84 Å². The first kappa shape index (κ1) is 10.8. The zero-order valence-corrected chi connectivity index (χ0v) is 7.67. The van der Waals surface area contributed by atoms with Crippen LogP contribution in [0.15, 0.2) is 35.7 Å². The van der Waals surface area contributed by atoms with Crippen molar-refractivity contribution >= 4 is 0 Å². The third-order valence-corrected chi connectivity index (χ3v) is 1.41. The number of nitrogens with two attached hydrogens (primary N) is 2. The van der Waals surface area contributed by atoms with Gasteiger partial charge in [0, 0.05) is 0 Å². The predicted molar refractivity (Wildman–Crippen MR) is 52.8 cm³/mol. The van der Waals surface area contributed by atoms with Crippen molar-refractivity contribution in [2.24, 2.45) is 11.6 Å². The van der Waals surface area contributed by atoms with Gasteiger partial charge in [0.25, 0.3) is 0 Å². The molecule has 0 rings (SSSR count). The van der Waals surface area contributed by atoms with Crippen molar-refractivity contribution in [2.75, 3.05) is 0 Å². The summed E-state index contributed by atoms with van der Waals surface area (Å²) in [7, 11) is 0. The van der Waals surface area contributed by atoms with E-state index in [0.29, 0.717) is 5.70 Å². The highest BCUT2D eigenvalue weighted by Gasteiger charge is 1.92. The van der Waals surface area contributed by atoms with Gasteiger partial charge in [0.2, 0.25) is 0 Å². The average Bonchev–Trinajstić information content (AvgIpc) is 2.11. The molecule has 12 heavy (non-hydrogen) atoms. The Morgan fingerprint density at radius 3 is 2.58 bits per heavy atom. The summed E-state index contributed by atoms with van der Waals surface area (Å²) in [5, 5.41) is 0. The van der Waals surface area contributed by atoms with Gasteiger partial charge in [0.15, 0.2) is 0 Å². The molecular weight excluding hydrogens is 150 g/mol. The van der Waals surface area contributed by atoms with Crippen molar-refractivity contribution in [1.82, 2.24) is 5.43 Å². The molecule has 3 nitrogen and oxygen atoms in total. The van der Waals surface area contributed by atoms with Crippen molar-refractivity contribution in [3.63, 3.8) is 0 Å². The maximum absolute atomic E-state index is 5.63. The van der Waals surface area contributed by atoms with E-state index >= 15 is 0 Å². The summed E-state index contributed by atoms with van der Waals surface area (Å²) in [6, 6.07) is 0. The van der Waals surface area contributed by atoms with Crippen LogP contribution in [0.1, 0.15) is 20.3 Å². The van der Waals surface area contributed by atoms with Crippen molar-refractivity contribution in [3.8, 4) is 0 Å². The standard InChI is InChI=1S/C9H17N3/c1-3-5-6-7-9(12-11)8(10)4-2/h4-7,12H,3,10-11H2,1-2H3/b6-5+,8-4+,9-7+. The smallest absolute Gasteiger partial charge is 0.0712 e. The normalized spacial score (nSPS) is 13.9. The summed E-state index contributed by atoms with van der Waals surface area (Å²) in [6.07, 6.45) is 8.60. The predicted octanol–water partition coefficient (Wildman–Crippen LogP) is 1.16. The number of nitrogens with one attached hydrogen (secondary N) is 1. The van der Waals surface area contributed by atoms with E-state index in [4.69, 9.17) is 11.6 Å². The van der Waals surface area contributed by atoms with Crippen LogP contribution in [0.25, 0.3) is 0 Å². The Bertz CT molecular complexity index is 202. The Kier molecular flexibility index (Phi) is 5.83. The van der Waals surface area contributed by atoms with Gasteiger partial charge < -0.3 is 11.2 Å². The van der Waals surface area contributed by atoms with E-state index in [9.17, 15) is 0 Å². The van der Waals surface area contributed by atoms with Crippen LogP contribution < -0.4 is 17.0 Å². The lowest BCUT2D eigenvalue weighted by Crippen LogP contribution is -2.24. The Labute approximate surface area is 73.8 Å². The van der Waals surface area contributed by atoms with Gasteiger partial charge in [0.05, 0.1) is 11.4 Å². The second-order valence-corrected chi connectivity index (χ2v) is 2.31. The maximum atomic E-state index is 5.63. The first-order valence-electron chi connectivity index (χ1n) is 4.01. The third kappa shape index (κ3) is 3.83. The topological polar surface area (TPSA) is 64.1 Å². The fourth-order valence-corrected chi connectivity index (χ4v) is 0.684. The van der Waals surface area contributed by atoms with Gasteiger partial charge in [-0.1, -0.05) is 25.2 Å². The molecule has 0 aliphatic carbocycles. The van der Waals surface area contributed by atoms with Crippen LogP contribution in [-0.4, -0.2) is 0 Å². The molecule has 0 aliphatic rings. The molecule has 3 heteroatoms. The van der Waals surface area contributed by atoms with Crippen LogP contribution in [0.4, 0.5) is 0 Å². The summed E-state index contributed by atoms with van der Waals surface area (Å²) < 4.78 is 0. The zero-order valence-electron chi connectivity index (χ0n) is 7.67. The highest BCUT2D eigenvalue weighted by atomic mass is 15.2. The number of hydrazine groups is 1. The molecule has 0 radical (unpaired) electrons. The number of hydrogen-bond donors (Lipinski definition) is 3. The molecule has 68 valence electrons. The van der Waals surface area contributed by atoms with Gasteiger partial charge in [-0.2, -0.15) is 0 Å². The molecule has 5 N–H and O–H groups in total. The van der Waals surface area contributed by atoms with Crippen molar-refractivity contribution in [1.29, 1.82) is 0 Å². The average molecular weight is 167 g/mol. The summed E-state index contributed by atoms with van der Waals surface area (Å²) in [4.78, 5) is 0. The lowest BCUT2D eigenvalue weighted by molar-refractivity contribution is 0.888. The van der Waals surface area contributed by atoms with Crippen molar-refractivity contribution < 1.29 is 0 Å². The van der Waals surface area contributed by atoms with E-state index in [1.54, 1.807) is 6.08 Å². The minimum atomic E-state index is 0.651. The molecule has 0 heterocycles. The van der Waals surface area contributed by atoms with E-state index < -0.39 is 0 Å². The summed E-state index contributed by atoms with van der Waals surface area (Å²) in [5.41, 5.74) is 9.54. The van der Waals surface area contributed by atoms with Crippen LogP contribution in [0.3, 0.4) is 0 Å². The summed E-state index contributed by atoms with van der Waals surface area (Å²) >= 11 is 0. The number of hydrogen-bond acceptors (Lipinski definition) is 3. The SMILES string of the molecule is C\C=C(N)/C(=C\C=C\CC)NN. The quantitative estimate of drug-likeness (QED) is 0.334. The molecule has 0 aromatic heterocycles. The van der Waals surface area contributed by atoms with E-state index in [1.807, 2.05) is 25.2 Å². The molecule has 0 fully saturated rings. The van der Waals surface area contributed by atoms with E-state index in [0.717, 1.165) is 12.1 Å². The Morgan fingerprint density at radius 1 is 1.50 bits per heavy atom. The first-order chi connectivity index (χ1) is 5.76. The van der Waals surface area contributed by atoms with E-state index in [1.165, 1.54) is 0 Å². The molecule has 0 aromatic carbocycles. The Balaban J connectivity index is 4.33. The monoisotopic (exact) mass is 167 g/mol. The minimum absolute atomic E-state index is 0.651. The number of rotatable bonds is 4. The Hall–Kier alpha value is -1.22. The lowest BCUT2D eigenvalue weighted by Gasteiger charge is -2.04. The molecular formula is C9H17N3. The molecule has 0 unspecified atom stereocenters. The van der Waals surface area contributed by atoms with Crippen LogP contribution in [0, 0.1) is 0 Å². The fourth-order valence-electron chi connectivity index (χ4n) is 0.684. The number of allylic oxidation sites excluding steroid dienone is 4. The van der Waals surface area contributed by atoms with Crippen LogP contribution in [0.2, 0.25) is 0 Å². The van der Waals surface area contributed by atoms with Crippen molar-refractivity contribution in [3.05, 3.63) is 35.7 Å². The highest BCUT2D eigenvalue weighted by molar-refractivity contribution is 5.28. The second-order valence-electron chi connectivity index (χ2n) is 2.31. The minimum Gasteiger partial charge on any atom is -0.397 e. The molecule has 0 aliphatic heterocycles. The van der Waals surface area contributed by atoms with Gasteiger partial charge in [-0.05, 0) is 19.4 Å². The van der Waals surface area contributed by atoms with Gasteiger partial charge in [0.1, 0.15) is 0 Å². The molecule has 0 saturated heterocycles. The molecule has 0 bridgehead atoms. The summed E-state index contributed by atoms with van der Waals surface area (Å²) in [5.74, 6) is 5.26. The highest BCUT2D eigenvalue weighted by Crippen LogP contribution is 1.98. The first-order valence-corrected chi connectivity index (χ1v) is 4.01. The van der Waals surface area contributed by atoms with Gasteiger partial charge >= 0.3 is 0 Å². The molecule has 0 aromatic rings. The largest absolute Gasteiger partial charge is 0.397 e. The van der Waals surface area contributed by atoms with Gasteiger partial charge in [-0.25, -0.2) is 0 Å². The maximum Gasteiger partial charge on any atom is 0.0712 e. The van der Waals surface area contributed by atoms with E-state index in [2.05, 4.69) is 12.3 Å². The van der Waals surface area contributed by atoms with Crippen LogP contribution >= 0.6 is 0 Å². The summed E-state index contributed by atoms with van der Waals surface area (Å²) in [6.45, 7) is 3.93. The third-order valence-electron chi connectivity index (χ3n) is 1.41. The fraction of sp³-hybridized carbons (Fsp3) is 0.333. The van der Waals surface area contributed by atoms with Crippen LogP contribution in [-0.2, 0) is 0 Å². The van der Waals surface area contributed by atoms with Gasteiger partial charge in [-0.15, -0.1) is 0 Å². The van der Waals surface area contributed by atoms with E-state index in [-0.39, 0.29) is 0 Å². The molecule has 0 saturated carbocycles. The van der Waals surface area contributed by atoms with Crippen molar-refractivity contribution in [2.45, 2.75) is 20.3 Å². The second kappa shape index (κ2) is 6.49. The Morgan fingerprint density at radius 2 is 2.17 bits per heavy atom. The molecule has 0 spiro atoms. The molecule has 0 atom stereocenters. The molecule has 0 amide bonds.